The fraction of sp³-hybridized carbons (Fsp3) is 0.250. The predicted molar refractivity (Wildman–Crippen MR) is 103 cm³/mol. The van der Waals surface area contributed by atoms with Gasteiger partial charge in [-0.3, -0.25) is 4.79 Å². The summed E-state index contributed by atoms with van der Waals surface area (Å²) in [6, 6.07) is 12.4. The Morgan fingerprint density at radius 1 is 1.14 bits per heavy atom. The van der Waals surface area contributed by atoms with Crippen LogP contribution in [0.25, 0.3) is 11.5 Å². The smallest absolute Gasteiger partial charge is 0.387 e. The molecule has 0 N–H and O–H groups in total. The molecule has 0 aliphatic heterocycles. The van der Waals surface area contributed by atoms with Crippen LogP contribution in [0.3, 0.4) is 0 Å². The van der Waals surface area contributed by atoms with E-state index < -0.39 is 6.61 Å². The number of rotatable bonds is 7. The molecule has 0 bridgehead atoms. The zero-order chi connectivity index (χ0) is 21.0. The summed E-state index contributed by atoms with van der Waals surface area (Å²) in [5.74, 6) is 0.185. The number of nitrogens with zero attached hydrogens (tertiary/aromatic N) is 3. The van der Waals surface area contributed by atoms with Crippen LogP contribution in [-0.4, -0.2) is 33.7 Å². The van der Waals surface area contributed by atoms with Crippen molar-refractivity contribution < 1.29 is 22.7 Å². The highest BCUT2D eigenvalue weighted by molar-refractivity contribution is 6.33. The molecule has 6 nitrogen and oxygen atoms in total. The van der Waals surface area contributed by atoms with E-state index in [1.165, 1.54) is 29.2 Å². The number of benzene rings is 2. The third-order valence-electron chi connectivity index (χ3n) is 4.09. The van der Waals surface area contributed by atoms with E-state index in [2.05, 4.69) is 14.9 Å². The molecule has 0 fully saturated rings. The number of halogens is 3. The first-order valence-corrected chi connectivity index (χ1v) is 9.16. The van der Waals surface area contributed by atoms with Crippen LogP contribution >= 0.6 is 11.6 Å². The zero-order valence-corrected chi connectivity index (χ0v) is 16.4. The summed E-state index contributed by atoms with van der Waals surface area (Å²) in [7, 11) is 0. The molecular formula is C20H18ClF2N3O3. The van der Waals surface area contributed by atoms with Crippen LogP contribution in [0, 0.1) is 0 Å². The van der Waals surface area contributed by atoms with Crippen LogP contribution < -0.4 is 4.74 Å². The minimum Gasteiger partial charge on any atom is -0.435 e. The number of carbonyl (C=O) groups excluding carboxylic acids is 1. The fourth-order valence-corrected chi connectivity index (χ4v) is 2.86. The van der Waals surface area contributed by atoms with Crippen molar-refractivity contribution in [1.29, 1.82) is 0 Å². The molecule has 0 unspecified atom stereocenters. The molecule has 29 heavy (non-hydrogen) atoms. The summed E-state index contributed by atoms with van der Waals surface area (Å²) in [6.45, 7) is 0.853. The third-order valence-corrected chi connectivity index (χ3v) is 4.42. The van der Waals surface area contributed by atoms with Crippen LogP contribution in [0.15, 0.2) is 52.9 Å². The van der Waals surface area contributed by atoms with Crippen molar-refractivity contribution in [3.05, 3.63) is 65.0 Å². The van der Waals surface area contributed by atoms with E-state index in [-0.39, 0.29) is 36.0 Å². The van der Waals surface area contributed by atoms with Crippen molar-refractivity contribution in [1.82, 2.24) is 15.1 Å². The van der Waals surface area contributed by atoms with Gasteiger partial charge in [0.2, 0.25) is 11.8 Å². The molecule has 9 heteroatoms. The lowest BCUT2D eigenvalue weighted by Crippen LogP contribution is -2.36. The maximum Gasteiger partial charge on any atom is 0.387 e. The van der Waals surface area contributed by atoms with Gasteiger partial charge in [-0.1, -0.05) is 23.7 Å². The van der Waals surface area contributed by atoms with Gasteiger partial charge in [0, 0.05) is 11.6 Å². The normalized spacial score (nSPS) is 11.1. The number of amides is 1. The van der Waals surface area contributed by atoms with Crippen LogP contribution in [0.1, 0.15) is 30.1 Å². The Balaban J connectivity index is 1.77. The van der Waals surface area contributed by atoms with E-state index in [1.807, 2.05) is 13.8 Å². The summed E-state index contributed by atoms with van der Waals surface area (Å²) >= 11 is 6.15. The number of alkyl halides is 2. The second-order valence-corrected chi connectivity index (χ2v) is 6.82. The van der Waals surface area contributed by atoms with Crippen LogP contribution in [-0.2, 0) is 6.54 Å². The maximum absolute atomic E-state index is 12.9. The lowest BCUT2D eigenvalue weighted by atomic mass is 10.1. The van der Waals surface area contributed by atoms with Crippen molar-refractivity contribution in [2.45, 2.75) is 33.0 Å². The number of carbonyl (C=O) groups is 1. The molecule has 3 rings (SSSR count). The van der Waals surface area contributed by atoms with Gasteiger partial charge in [-0.15, -0.1) is 10.2 Å². The Labute approximate surface area is 171 Å². The highest BCUT2D eigenvalue weighted by Gasteiger charge is 2.22. The van der Waals surface area contributed by atoms with Gasteiger partial charge in [0.1, 0.15) is 5.75 Å². The molecule has 0 saturated heterocycles. The van der Waals surface area contributed by atoms with E-state index in [0.717, 1.165) is 0 Å². The van der Waals surface area contributed by atoms with E-state index >= 15 is 0 Å². The van der Waals surface area contributed by atoms with E-state index in [0.29, 0.717) is 16.1 Å². The number of ether oxygens (including phenoxy) is 1. The standard InChI is InChI=1S/C20H18ClF2N3O3/c1-12(2)26(19(27)13-7-9-14(10-8-13)28-20(22)23)11-17-24-25-18(29-17)15-5-3-4-6-16(15)21/h3-10,12,20H,11H2,1-2H3. The Morgan fingerprint density at radius 2 is 1.83 bits per heavy atom. The summed E-state index contributed by atoms with van der Waals surface area (Å²) in [4.78, 5) is 14.4. The Bertz CT molecular complexity index is 977. The molecule has 0 radical (unpaired) electrons. The van der Waals surface area contributed by atoms with Gasteiger partial charge >= 0.3 is 6.61 Å². The monoisotopic (exact) mass is 421 g/mol. The largest absolute Gasteiger partial charge is 0.435 e. The second-order valence-electron chi connectivity index (χ2n) is 6.41. The molecule has 3 aromatic rings. The summed E-state index contributed by atoms with van der Waals surface area (Å²) < 4.78 is 34.5. The average Bonchev–Trinajstić information content (AvgIpc) is 3.14. The molecule has 152 valence electrons. The molecule has 0 atom stereocenters. The molecule has 0 aliphatic rings. The van der Waals surface area contributed by atoms with Crippen molar-refractivity contribution in [3.63, 3.8) is 0 Å². The summed E-state index contributed by atoms with van der Waals surface area (Å²) in [5, 5.41) is 8.49. The molecular weight excluding hydrogens is 404 g/mol. The quantitative estimate of drug-likeness (QED) is 0.534. The first-order valence-electron chi connectivity index (χ1n) is 8.78. The first-order chi connectivity index (χ1) is 13.8. The molecule has 0 saturated carbocycles. The summed E-state index contributed by atoms with van der Waals surface area (Å²) in [5.41, 5.74) is 0.927. The molecule has 1 heterocycles. The van der Waals surface area contributed by atoms with Crippen LogP contribution in [0.4, 0.5) is 8.78 Å². The summed E-state index contributed by atoms with van der Waals surface area (Å²) in [6.07, 6.45) is 0. The second kappa shape index (κ2) is 9.00. The lowest BCUT2D eigenvalue weighted by molar-refractivity contribution is -0.0498. The molecule has 0 aliphatic carbocycles. The lowest BCUT2D eigenvalue weighted by Gasteiger charge is -2.25. The van der Waals surface area contributed by atoms with Crippen molar-refractivity contribution in [2.24, 2.45) is 0 Å². The van der Waals surface area contributed by atoms with Crippen molar-refractivity contribution >= 4 is 17.5 Å². The van der Waals surface area contributed by atoms with Gasteiger partial charge in [-0.2, -0.15) is 8.78 Å². The van der Waals surface area contributed by atoms with Gasteiger partial charge < -0.3 is 14.1 Å². The van der Waals surface area contributed by atoms with Gasteiger partial charge in [0.25, 0.3) is 5.91 Å². The Morgan fingerprint density at radius 3 is 2.45 bits per heavy atom. The average molecular weight is 422 g/mol. The Kier molecular flexibility index (Phi) is 6.43. The van der Waals surface area contributed by atoms with Crippen molar-refractivity contribution in [3.8, 4) is 17.2 Å². The van der Waals surface area contributed by atoms with Gasteiger partial charge in [-0.05, 0) is 50.2 Å². The topological polar surface area (TPSA) is 68.5 Å². The first kappa shape index (κ1) is 20.7. The predicted octanol–water partition coefficient (Wildman–Crippen LogP) is 5.04. The van der Waals surface area contributed by atoms with E-state index in [9.17, 15) is 13.6 Å². The highest BCUT2D eigenvalue weighted by atomic mass is 35.5. The fourth-order valence-electron chi connectivity index (χ4n) is 2.64. The number of hydrogen-bond donors (Lipinski definition) is 0. The van der Waals surface area contributed by atoms with Gasteiger partial charge in [0.05, 0.1) is 17.1 Å². The number of hydrogen-bond acceptors (Lipinski definition) is 5. The van der Waals surface area contributed by atoms with Crippen LogP contribution in [0.2, 0.25) is 5.02 Å². The molecule has 1 amide bonds. The maximum atomic E-state index is 12.9. The minimum atomic E-state index is -2.92. The highest BCUT2D eigenvalue weighted by Crippen LogP contribution is 2.27. The number of aromatic nitrogens is 2. The van der Waals surface area contributed by atoms with E-state index in [4.69, 9.17) is 16.0 Å². The van der Waals surface area contributed by atoms with Gasteiger partial charge in [-0.25, -0.2) is 0 Å². The van der Waals surface area contributed by atoms with Gasteiger partial charge in [0.15, 0.2) is 0 Å². The zero-order valence-electron chi connectivity index (χ0n) is 15.7. The third kappa shape index (κ3) is 5.08. The Hall–Kier alpha value is -3.00. The molecule has 1 aromatic heterocycles. The molecule has 0 spiro atoms. The van der Waals surface area contributed by atoms with Crippen molar-refractivity contribution in [2.75, 3.05) is 0 Å². The molecule has 2 aromatic carbocycles. The van der Waals surface area contributed by atoms with Crippen LogP contribution in [0.5, 0.6) is 5.75 Å². The SMILES string of the molecule is CC(C)N(Cc1nnc(-c2ccccc2Cl)o1)C(=O)c1ccc(OC(F)F)cc1. The van der Waals surface area contributed by atoms with E-state index in [1.54, 1.807) is 24.3 Å². The minimum absolute atomic E-state index is 0.0195.